The van der Waals surface area contributed by atoms with Crippen molar-refractivity contribution in [3.63, 3.8) is 0 Å². The lowest BCUT2D eigenvalue weighted by Gasteiger charge is -2.02. The van der Waals surface area contributed by atoms with Crippen LogP contribution in [0.3, 0.4) is 0 Å². The predicted octanol–water partition coefficient (Wildman–Crippen LogP) is 2.17. The van der Waals surface area contributed by atoms with Crippen molar-refractivity contribution in [2.45, 2.75) is 0 Å². The topological polar surface area (TPSA) is 93.5 Å². The zero-order chi connectivity index (χ0) is 14.4. The molecule has 104 valence electrons. The second-order valence-corrected chi connectivity index (χ2v) is 5.36. The summed E-state index contributed by atoms with van der Waals surface area (Å²) in [5.74, 6) is -2.74. The molecule has 0 spiro atoms. The maximum atomic E-state index is 12.4. The standard InChI is InChI=1S/C14H12ClNO4/c15-9-4-7(3-6-1-2-20-13(6)9)12(17)10-8(5-16)11(10)14(18)19/h1-4,8,10-11H,5,16H2,(H,18,19). The summed E-state index contributed by atoms with van der Waals surface area (Å²) in [5, 5.41) is 10.1. The lowest BCUT2D eigenvalue weighted by Crippen LogP contribution is -2.09. The van der Waals surface area contributed by atoms with E-state index in [1.807, 2.05) is 0 Å². The molecule has 3 unspecified atom stereocenters. The fourth-order valence-corrected chi connectivity index (χ4v) is 3.01. The molecule has 1 aliphatic rings. The number of nitrogens with two attached hydrogens (primary N) is 1. The fraction of sp³-hybridized carbons (Fsp3) is 0.286. The Labute approximate surface area is 119 Å². The number of hydrogen-bond donors (Lipinski definition) is 2. The summed E-state index contributed by atoms with van der Waals surface area (Å²) in [5.41, 5.74) is 6.43. The summed E-state index contributed by atoms with van der Waals surface area (Å²) in [7, 11) is 0. The normalized spacial score (nSPS) is 24.8. The molecule has 3 N–H and O–H groups in total. The number of halogens is 1. The van der Waals surface area contributed by atoms with E-state index in [-0.39, 0.29) is 18.2 Å². The van der Waals surface area contributed by atoms with Gasteiger partial charge in [0.15, 0.2) is 11.4 Å². The summed E-state index contributed by atoms with van der Waals surface area (Å²) in [6.07, 6.45) is 1.49. The van der Waals surface area contributed by atoms with Gasteiger partial charge in [0.1, 0.15) is 0 Å². The van der Waals surface area contributed by atoms with Gasteiger partial charge in [0.25, 0.3) is 0 Å². The highest BCUT2D eigenvalue weighted by atomic mass is 35.5. The maximum Gasteiger partial charge on any atom is 0.307 e. The number of carboxylic acid groups (broad SMARTS) is 1. The van der Waals surface area contributed by atoms with Crippen LogP contribution < -0.4 is 5.73 Å². The van der Waals surface area contributed by atoms with Gasteiger partial charge >= 0.3 is 5.97 Å². The van der Waals surface area contributed by atoms with Gasteiger partial charge in [0.05, 0.1) is 17.2 Å². The van der Waals surface area contributed by atoms with Gasteiger partial charge in [-0.2, -0.15) is 0 Å². The van der Waals surface area contributed by atoms with Gasteiger partial charge in [-0.1, -0.05) is 11.6 Å². The average molecular weight is 294 g/mol. The molecule has 3 rings (SSSR count). The third kappa shape index (κ3) is 1.90. The summed E-state index contributed by atoms with van der Waals surface area (Å²) < 4.78 is 5.20. The molecule has 20 heavy (non-hydrogen) atoms. The minimum atomic E-state index is -0.978. The van der Waals surface area contributed by atoms with E-state index in [2.05, 4.69) is 0 Å². The summed E-state index contributed by atoms with van der Waals surface area (Å²) >= 11 is 6.05. The van der Waals surface area contributed by atoms with Gasteiger partial charge in [-0.3, -0.25) is 9.59 Å². The number of carboxylic acids is 1. The highest BCUT2D eigenvalue weighted by Gasteiger charge is 2.58. The van der Waals surface area contributed by atoms with Crippen LogP contribution in [0, 0.1) is 17.8 Å². The number of furan rings is 1. The molecule has 1 fully saturated rings. The highest BCUT2D eigenvalue weighted by molar-refractivity contribution is 6.35. The van der Waals surface area contributed by atoms with Gasteiger partial charge < -0.3 is 15.3 Å². The first-order valence-electron chi connectivity index (χ1n) is 6.18. The molecule has 5 nitrogen and oxygen atoms in total. The molecule has 1 saturated carbocycles. The van der Waals surface area contributed by atoms with Crippen LogP contribution in [0.2, 0.25) is 5.02 Å². The smallest absolute Gasteiger partial charge is 0.307 e. The number of ketones is 1. The van der Waals surface area contributed by atoms with Crippen LogP contribution >= 0.6 is 11.6 Å². The van der Waals surface area contributed by atoms with Crippen LogP contribution in [-0.4, -0.2) is 23.4 Å². The zero-order valence-corrected chi connectivity index (χ0v) is 11.1. The Kier molecular flexibility index (Phi) is 3.03. The average Bonchev–Trinajstić information content (AvgIpc) is 2.97. The molecular weight excluding hydrogens is 282 g/mol. The Hall–Kier alpha value is -1.85. The SMILES string of the molecule is NCC1C(C(=O)O)C1C(=O)c1cc(Cl)c2occc2c1. The molecule has 1 aliphatic carbocycles. The van der Waals surface area contributed by atoms with E-state index in [0.717, 1.165) is 5.39 Å². The van der Waals surface area contributed by atoms with Crippen LogP contribution in [0.25, 0.3) is 11.0 Å². The molecule has 6 heteroatoms. The monoisotopic (exact) mass is 293 g/mol. The first-order valence-corrected chi connectivity index (χ1v) is 6.56. The fourth-order valence-electron chi connectivity index (χ4n) is 2.73. The largest absolute Gasteiger partial charge is 0.481 e. The number of carbonyl (C=O) groups is 2. The van der Waals surface area contributed by atoms with E-state index in [1.54, 1.807) is 12.1 Å². The summed E-state index contributed by atoms with van der Waals surface area (Å²) in [4.78, 5) is 23.5. The predicted molar refractivity (Wildman–Crippen MR) is 72.7 cm³/mol. The number of hydrogen-bond acceptors (Lipinski definition) is 4. The van der Waals surface area contributed by atoms with Gasteiger partial charge in [0.2, 0.25) is 0 Å². The second-order valence-electron chi connectivity index (χ2n) is 4.95. The Morgan fingerprint density at radius 3 is 2.70 bits per heavy atom. The number of benzene rings is 1. The van der Waals surface area contributed by atoms with E-state index in [4.69, 9.17) is 26.9 Å². The first kappa shape index (κ1) is 13.1. The maximum absolute atomic E-state index is 12.4. The van der Waals surface area contributed by atoms with Crippen molar-refractivity contribution in [3.8, 4) is 0 Å². The minimum Gasteiger partial charge on any atom is -0.481 e. The van der Waals surface area contributed by atoms with Crippen molar-refractivity contribution in [2.75, 3.05) is 6.54 Å². The highest BCUT2D eigenvalue weighted by Crippen LogP contribution is 2.48. The van der Waals surface area contributed by atoms with Crippen molar-refractivity contribution >= 4 is 34.3 Å². The van der Waals surface area contributed by atoms with E-state index >= 15 is 0 Å². The third-order valence-corrected chi connectivity index (χ3v) is 4.10. The molecule has 1 aromatic heterocycles. The molecule has 2 aromatic rings. The lowest BCUT2D eigenvalue weighted by molar-refractivity contribution is -0.139. The van der Waals surface area contributed by atoms with E-state index in [9.17, 15) is 9.59 Å². The molecular formula is C14H12ClNO4. The first-order chi connectivity index (χ1) is 9.54. The van der Waals surface area contributed by atoms with Crippen molar-refractivity contribution in [1.82, 2.24) is 0 Å². The van der Waals surface area contributed by atoms with Gasteiger partial charge in [-0.15, -0.1) is 0 Å². The molecule has 0 saturated heterocycles. The summed E-state index contributed by atoms with van der Waals surface area (Å²) in [6, 6.07) is 4.89. The minimum absolute atomic E-state index is 0.190. The van der Waals surface area contributed by atoms with Gasteiger partial charge in [0, 0.05) is 16.9 Å². The van der Waals surface area contributed by atoms with Gasteiger partial charge in [-0.25, -0.2) is 0 Å². The van der Waals surface area contributed by atoms with E-state index in [1.165, 1.54) is 12.3 Å². The van der Waals surface area contributed by atoms with Crippen molar-refractivity contribution in [1.29, 1.82) is 0 Å². The number of carbonyl (C=O) groups excluding carboxylic acids is 1. The molecule has 1 heterocycles. The van der Waals surface area contributed by atoms with Crippen molar-refractivity contribution in [3.05, 3.63) is 35.0 Å². The molecule has 0 radical (unpaired) electrons. The van der Waals surface area contributed by atoms with Crippen LogP contribution in [-0.2, 0) is 4.79 Å². The third-order valence-electron chi connectivity index (χ3n) is 3.82. The molecule has 0 aliphatic heterocycles. The number of aliphatic carboxylic acids is 1. The quantitative estimate of drug-likeness (QED) is 0.843. The molecule has 3 atom stereocenters. The number of Topliss-reactive ketones (excluding diaryl/α,β-unsaturated/α-hetero) is 1. The Morgan fingerprint density at radius 2 is 2.10 bits per heavy atom. The Bertz CT molecular complexity index is 708. The van der Waals surface area contributed by atoms with Gasteiger partial charge in [-0.05, 0) is 30.7 Å². The van der Waals surface area contributed by atoms with Crippen LogP contribution in [0.5, 0.6) is 0 Å². The van der Waals surface area contributed by atoms with Crippen molar-refractivity contribution < 1.29 is 19.1 Å². The lowest BCUT2D eigenvalue weighted by atomic mass is 10.0. The van der Waals surface area contributed by atoms with Crippen molar-refractivity contribution in [2.24, 2.45) is 23.5 Å². The number of rotatable bonds is 4. The molecule has 1 aromatic carbocycles. The van der Waals surface area contributed by atoms with E-state index < -0.39 is 17.8 Å². The second kappa shape index (κ2) is 4.61. The Morgan fingerprint density at radius 1 is 1.35 bits per heavy atom. The van der Waals surface area contributed by atoms with Crippen LogP contribution in [0.15, 0.2) is 28.9 Å². The number of fused-ring (bicyclic) bond motifs is 1. The van der Waals surface area contributed by atoms with Crippen LogP contribution in [0.4, 0.5) is 0 Å². The summed E-state index contributed by atoms with van der Waals surface area (Å²) in [6.45, 7) is 0.190. The molecule has 0 bridgehead atoms. The van der Waals surface area contributed by atoms with Crippen LogP contribution in [0.1, 0.15) is 10.4 Å². The molecule has 0 amide bonds. The zero-order valence-electron chi connectivity index (χ0n) is 10.4. The Balaban J connectivity index is 1.95. The van der Waals surface area contributed by atoms with E-state index in [0.29, 0.717) is 16.2 Å².